The molecule has 0 aliphatic carbocycles. The second-order valence-electron chi connectivity index (χ2n) is 5.11. The summed E-state index contributed by atoms with van der Waals surface area (Å²) < 4.78 is 9.34. The fourth-order valence-corrected chi connectivity index (χ4v) is 2.45. The van der Waals surface area contributed by atoms with Crippen molar-refractivity contribution in [3.05, 3.63) is 64.7 Å². The lowest BCUT2D eigenvalue weighted by atomic mass is 9.93. The molecule has 0 fully saturated rings. The van der Waals surface area contributed by atoms with Crippen LogP contribution in [0.2, 0.25) is 0 Å². The number of hydrogen-bond acceptors (Lipinski definition) is 6. The summed E-state index contributed by atoms with van der Waals surface area (Å²) in [5.41, 5.74) is 0.652. The predicted molar refractivity (Wildman–Crippen MR) is 85.9 cm³/mol. The number of phenolic OH excluding ortho intramolecular Hbond substituents is 1. The minimum Gasteiger partial charge on any atom is -0.507 e. The lowest BCUT2D eigenvalue weighted by Gasteiger charge is -2.16. The van der Waals surface area contributed by atoms with Crippen LogP contribution in [0.4, 0.5) is 0 Å². The Morgan fingerprint density at radius 1 is 0.958 bits per heavy atom. The molecule has 2 N–H and O–H groups in total. The standard InChI is InChI=1S/C18H18O6/c1-23-17(21)15-12(8-9-13(19)16(15)18(22)24-2)10-14(20)11-6-4-3-5-7-11/h3-9,14,19-20H,10H2,1-2H3. The van der Waals surface area contributed by atoms with Crippen LogP contribution in [-0.2, 0) is 15.9 Å². The number of methoxy groups -OCH3 is 2. The number of hydrogen-bond donors (Lipinski definition) is 2. The van der Waals surface area contributed by atoms with E-state index in [1.54, 1.807) is 24.3 Å². The number of aliphatic hydroxyl groups is 1. The Kier molecular flexibility index (Phi) is 5.55. The maximum absolute atomic E-state index is 12.1. The number of carbonyl (C=O) groups is 2. The van der Waals surface area contributed by atoms with E-state index >= 15 is 0 Å². The number of ether oxygens (including phenoxy) is 2. The Morgan fingerprint density at radius 2 is 1.54 bits per heavy atom. The van der Waals surface area contributed by atoms with E-state index in [-0.39, 0.29) is 23.3 Å². The molecule has 24 heavy (non-hydrogen) atoms. The van der Waals surface area contributed by atoms with Crippen LogP contribution < -0.4 is 0 Å². The van der Waals surface area contributed by atoms with Crippen molar-refractivity contribution in [2.75, 3.05) is 14.2 Å². The number of carbonyl (C=O) groups excluding carboxylic acids is 2. The second-order valence-corrected chi connectivity index (χ2v) is 5.11. The van der Waals surface area contributed by atoms with E-state index in [0.717, 1.165) is 7.11 Å². The molecule has 1 atom stereocenters. The zero-order chi connectivity index (χ0) is 17.7. The highest BCUT2D eigenvalue weighted by atomic mass is 16.5. The van der Waals surface area contributed by atoms with Crippen LogP contribution in [-0.4, -0.2) is 36.4 Å². The molecule has 0 aromatic heterocycles. The third kappa shape index (κ3) is 3.55. The second kappa shape index (κ2) is 7.61. The van der Waals surface area contributed by atoms with Crippen molar-refractivity contribution in [1.29, 1.82) is 0 Å². The quantitative estimate of drug-likeness (QED) is 0.817. The molecule has 0 amide bonds. The SMILES string of the molecule is COC(=O)c1c(O)ccc(CC(O)c2ccccc2)c1C(=O)OC. The molecule has 1 unspecified atom stereocenters. The first-order valence-corrected chi connectivity index (χ1v) is 7.24. The van der Waals surface area contributed by atoms with Gasteiger partial charge in [-0.05, 0) is 17.2 Å². The minimum atomic E-state index is -0.885. The van der Waals surface area contributed by atoms with Crippen LogP contribution in [0.25, 0.3) is 0 Å². The molecule has 0 bridgehead atoms. The molecule has 126 valence electrons. The molecule has 2 aromatic carbocycles. The van der Waals surface area contributed by atoms with Gasteiger partial charge < -0.3 is 19.7 Å². The summed E-state index contributed by atoms with van der Waals surface area (Å²) in [5.74, 6) is -2.04. The van der Waals surface area contributed by atoms with Crippen molar-refractivity contribution in [2.45, 2.75) is 12.5 Å². The van der Waals surface area contributed by atoms with Crippen molar-refractivity contribution in [3.63, 3.8) is 0 Å². The first-order valence-electron chi connectivity index (χ1n) is 7.24. The fourth-order valence-electron chi connectivity index (χ4n) is 2.45. The molecule has 0 saturated heterocycles. The monoisotopic (exact) mass is 330 g/mol. The van der Waals surface area contributed by atoms with Crippen LogP contribution in [0, 0.1) is 0 Å². The van der Waals surface area contributed by atoms with Gasteiger partial charge in [-0.2, -0.15) is 0 Å². The van der Waals surface area contributed by atoms with Crippen molar-refractivity contribution in [3.8, 4) is 5.75 Å². The number of phenols is 1. The third-order valence-electron chi connectivity index (χ3n) is 3.65. The van der Waals surface area contributed by atoms with Gasteiger partial charge in [0.2, 0.25) is 0 Å². The van der Waals surface area contributed by atoms with Gasteiger partial charge in [0.05, 0.1) is 25.9 Å². The third-order valence-corrected chi connectivity index (χ3v) is 3.65. The van der Waals surface area contributed by atoms with Crippen molar-refractivity contribution < 1.29 is 29.3 Å². The summed E-state index contributed by atoms with van der Waals surface area (Å²) in [4.78, 5) is 24.1. The van der Waals surface area contributed by atoms with Crippen LogP contribution in [0.5, 0.6) is 5.75 Å². The van der Waals surface area contributed by atoms with E-state index < -0.39 is 18.0 Å². The highest BCUT2D eigenvalue weighted by Gasteiger charge is 2.27. The van der Waals surface area contributed by atoms with Gasteiger partial charge in [-0.25, -0.2) is 9.59 Å². The average Bonchev–Trinajstić information content (AvgIpc) is 2.62. The lowest BCUT2D eigenvalue weighted by molar-refractivity contribution is 0.0550. The Balaban J connectivity index is 2.49. The van der Waals surface area contributed by atoms with E-state index in [0.29, 0.717) is 11.1 Å². The summed E-state index contributed by atoms with van der Waals surface area (Å²) in [6, 6.07) is 11.7. The number of benzene rings is 2. The molecule has 0 radical (unpaired) electrons. The molecule has 0 saturated carbocycles. The Morgan fingerprint density at radius 3 is 2.12 bits per heavy atom. The maximum Gasteiger partial charge on any atom is 0.342 e. The molecule has 0 aliphatic heterocycles. The molecule has 0 heterocycles. The van der Waals surface area contributed by atoms with Crippen LogP contribution in [0.15, 0.2) is 42.5 Å². The van der Waals surface area contributed by atoms with E-state index in [4.69, 9.17) is 4.74 Å². The van der Waals surface area contributed by atoms with Gasteiger partial charge in [0, 0.05) is 6.42 Å². The highest BCUT2D eigenvalue weighted by Crippen LogP contribution is 2.29. The number of rotatable bonds is 5. The molecule has 0 aliphatic rings. The molecular formula is C18H18O6. The predicted octanol–water partition coefficient (Wildman–Crippen LogP) is 2.24. The molecule has 6 heteroatoms. The lowest BCUT2D eigenvalue weighted by Crippen LogP contribution is -2.16. The van der Waals surface area contributed by atoms with Crippen LogP contribution in [0.3, 0.4) is 0 Å². The number of aromatic hydroxyl groups is 1. The molecular weight excluding hydrogens is 312 g/mol. The Bertz CT molecular complexity index is 739. The van der Waals surface area contributed by atoms with Crippen molar-refractivity contribution in [1.82, 2.24) is 0 Å². The summed E-state index contributed by atoms with van der Waals surface area (Å²) >= 11 is 0. The van der Waals surface area contributed by atoms with Gasteiger partial charge in [0.25, 0.3) is 0 Å². The number of esters is 2. The first kappa shape index (κ1) is 17.5. The summed E-state index contributed by atoms with van der Waals surface area (Å²) in [6.45, 7) is 0. The van der Waals surface area contributed by atoms with Gasteiger partial charge in [-0.15, -0.1) is 0 Å². The van der Waals surface area contributed by atoms with E-state index in [1.807, 2.05) is 6.07 Å². The van der Waals surface area contributed by atoms with Gasteiger partial charge >= 0.3 is 11.9 Å². The fraction of sp³-hybridized carbons (Fsp3) is 0.222. The van der Waals surface area contributed by atoms with E-state index in [1.165, 1.54) is 19.2 Å². The summed E-state index contributed by atoms with van der Waals surface area (Å²) in [6.07, 6.45) is -0.816. The first-order chi connectivity index (χ1) is 11.5. The normalized spacial score (nSPS) is 11.6. The topological polar surface area (TPSA) is 93.1 Å². The van der Waals surface area contributed by atoms with Gasteiger partial charge in [0.1, 0.15) is 11.3 Å². The van der Waals surface area contributed by atoms with Crippen LogP contribution in [0.1, 0.15) is 37.9 Å². The summed E-state index contributed by atoms with van der Waals surface area (Å²) in [7, 11) is 2.32. The van der Waals surface area contributed by atoms with E-state index in [9.17, 15) is 19.8 Å². The molecule has 2 rings (SSSR count). The zero-order valence-corrected chi connectivity index (χ0v) is 13.4. The Hall–Kier alpha value is -2.86. The van der Waals surface area contributed by atoms with E-state index in [2.05, 4.69) is 4.74 Å². The average molecular weight is 330 g/mol. The van der Waals surface area contributed by atoms with Gasteiger partial charge in [-0.3, -0.25) is 0 Å². The molecule has 2 aromatic rings. The van der Waals surface area contributed by atoms with Crippen LogP contribution >= 0.6 is 0 Å². The largest absolute Gasteiger partial charge is 0.507 e. The zero-order valence-electron chi connectivity index (χ0n) is 13.4. The Labute approximate surface area is 139 Å². The molecule has 6 nitrogen and oxygen atoms in total. The smallest absolute Gasteiger partial charge is 0.342 e. The maximum atomic E-state index is 12.1. The van der Waals surface area contributed by atoms with Crippen molar-refractivity contribution in [2.24, 2.45) is 0 Å². The summed E-state index contributed by atoms with van der Waals surface area (Å²) in [5, 5.41) is 20.3. The van der Waals surface area contributed by atoms with Gasteiger partial charge in [-0.1, -0.05) is 36.4 Å². The minimum absolute atomic E-state index is 0.0682. The molecule has 0 spiro atoms. The number of aliphatic hydroxyl groups excluding tert-OH is 1. The van der Waals surface area contributed by atoms with Crippen molar-refractivity contribution >= 4 is 11.9 Å². The van der Waals surface area contributed by atoms with Gasteiger partial charge in [0.15, 0.2) is 0 Å². The highest BCUT2D eigenvalue weighted by molar-refractivity contribution is 6.06.